The number of nitrogens with two attached hydrogens (primary N) is 1. The quantitative estimate of drug-likeness (QED) is 0.664. The molecule has 104 valence electrons. The van der Waals surface area contributed by atoms with Crippen LogP contribution in [-0.4, -0.2) is 6.18 Å². The summed E-state index contributed by atoms with van der Waals surface area (Å²) in [5, 5.41) is 0. The van der Waals surface area contributed by atoms with E-state index in [0.29, 0.717) is 6.07 Å². The van der Waals surface area contributed by atoms with Crippen molar-refractivity contribution in [1.82, 2.24) is 0 Å². The Labute approximate surface area is 105 Å². The van der Waals surface area contributed by atoms with E-state index in [0.717, 1.165) is 6.07 Å². The lowest BCUT2D eigenvalue weighted by molar-refractivity contribution is -0.136. The third kappa shape index (κ3) is 4.38. The van der Waals surface area contributed by atoms with Crippen molar-refractivity contribution in [2.24, 2.45) is 5.73 Å². The molecule has 1 atom stereocenters. The second-order valence-corrected chi connectivity index (χ2v) is 3.52. The summed E-state index contributed by atoms with van der Waals surface area (Å²) in [5.41, 5.74) is 4.83. The van der Waals surface area contributed by atoms with Gasteiger partial charge in [0.1, 0.15) is 0 Å². The molecule has 0 bridgehead atoms. The van der Waals surface area contributed by atoms with Crippen molar-refractivity contribution in [3.8, 4) is 0 Å². The Morgan fingerprint density at radius 3 is 2.11 bits per heavy atom. The van der Waals surface area contributed by atoms with E-state index in [4.69, 9.17) is 5.73 Å². The molecule has 0 amide bonds. The average Bonchev–Trinajstić information content (AvgIpc) is 2.22. The summed E-state index contributed by atoms with van der Waals surface area (Å²) in [5.74, 6) is -4.68. The van der Waals surface area contributed by atoms with Gasteiger partial charge in [-0.15, -0.1) is 12.4 Å². The molecule has 18 heavy (non-hydrogen) atoms. The molecule has 0 aliphatic rings. The largest absolute Gasteiger partial charge is 0.389 e. The van der Waals surface area contributed by atoms with Gasteiger partial charge in [0.25, 0.3) is 0 Å². The van der Waals surface area contributed by atoms with Crippen LogP contribution in [0.2, 0.25) is 0 Å². The minimum Gasteiger partial charge on any atom is -0.324 e. The number of alkyl halides is 3. The third-order valence-electron chi connectivity index (χ3n) is 2.20. The molecule has 0 aliphatic heterocycles. The van der Waals surface area contributed by atoms with Crippen LogP contribution in [0.5, 0.6) is 0 Å². The van der Waals surface area contributed by atoms with Gasteiger partial charge in [-0.3, -0.25) is 0 Å². The van der Waals surface area contributed by atoms with Crippen molar-refractivity contribution < 1.29 is 26.3 Å². The lowest BCUT2D eigenvalue weighted by atomic mass is 10.0. The zero-order valence-electron chi connectivity index (χ0n) is 8.90. The standard InChI is InChI=1S/C10H9F6N.ClH/c11-6-2-1-5(8(12)9(6)13)7(17)3-4-10(14,15)16;/h1-2,7H,3-4,17H2;1H/t7-;/m1./s1. The first-order valence-corrected chi connectivity index (χ1v) is 4.68. The molecule has 0 radical (unpaired) electrons. The first-order valence-electron chi connectivity index (χ1n) is 4.68. The fourth-order valence-corrected chi connectivity index (χ4v) is 1.30. The fraction of sp³-hybridized carbons (Fsp3) is 0.400. The van der Waals surface area contributed by atoms with Crippen molar-refractivity contribution in [2.45, 2.75) is 25.1 Å². The van der Waals surface area contributed by atoms with Gasteiger partial charge >= 0.3 is 6.18 Å². The molecular formula is C10H10ClF6N. The van der Waals surface area contributed by atoms with Crippen LogP contribution in [0.4, 0.5) is 26.3 Å². The normalized spacial score (nSPS) is 13.1. The highest BCUT2D eigenvalue weighted by atomic mass is 35.5. The number of benzene rings is 1. The Bertz CT molecular complexity index is 406. The lowest BCUT2D eigenvalue weighted by Gasteiger charge is -2.14. The molecule has 0 fully saturated rings. The van der Waals surface area contributed by atoms with Gasteiger partial charge in [0.2, 0.25) is 0 Å². The summed E-state index contributed by atoms with van der Waals surface area (Å²) in [6.07, 6.45) is -6.23. The van der Waals surface area contributed by atoms with Gasteiger partial charge in [-0.25, -0.2) is 13.2 Å². The minimum atomic E-state index is -4.42. The monoisotopic (exact) mass is 293 g/mol. The molecule has 2 N–H and O–H groups in total. The Kier molecular flexibility index (Phi) is 5.95. The molecule has 0 saturated heterocycles. The predicted molar refractivity (Wildman–Crippen MR) is 55.8 cm³/mol. The average molecular weight is 294 g/mol. The van der Waals surface area contributed by atoms with Crippen LogP contribution >= 0.6 is 12.4 Å². The van der Waals surface area contributed by atoms with Crippen molar-refractivity contribution >= 4 is 12.4 Å². The van der Waals surface area contributed by atoms with Crippen LogP contribution in [0, 0.1) is 17.5 Å². The topological polar surface area (TPSA) is 26.0 Å². The molecule has 0 saturated carbocycles. The first kappa shape index (κ1) is 17.1. The van der Waals surface area contributed by atoms with Crippen molar-refractivity contribution in [3.05, 3.63) is 35.1 Å². The van der Waals surface area contributed by atoms with E-state index in [9.17, 15) is 26.3 Å². The highest BCUT2D eigenvalue weighted by Gasteiger charge is 2.29. The second kappa shape index (κ2) is 6.29. The van der Waals surface area contributed by atoms with Gasteiger partial charge in [0.05, 0.1) is 0 Å². The molecule has 1 aromatic carbocycles. The van der Waals surface area contributed by atoms with E-state index in [1.165, 1.54) is 0 Å². The lowest BCUT2D eigenvalue weighted by Crippen LogP contribution is -2.17. The molecule has 0 aliphatic carbocycles. The number of rotatable bonds is 3. The Balaban J connectivity index is 0.00000289. The maximum atomic E-state index is 13.2. The van der Waals surface area contributed by atoms with Crippen molar-refractivity contribution in [2.75, 3.05) is 0 Å². The number of hydrogen-bond acceptors (Lipinski definition) is 1. The van der Waals surface area contributed by atoms with E-state index in [1.807, 2.05) is 0 Å². The summed E-state index contributed by atoms with van der Waals surface area (Å²) in [7, 11) is 0. The van der Waals surface area contributed by atoms with Crippen LogP contribution in [0.1, 0.15) is 24.4 Å². The summed E-state index contributed by atoms with van der Waals surface area (Å²) in [4.78, 5) is 0. The molecule has 0 spiro atoms. The minimum absolute atomic E-state index is 0. The van der Waals surface area contributed by atoms with E-state index in [1.54, 1.807) is 0 Å². The highest BCUT2D eigenvalue weighted by molar-refractivity contribution is 5.85. The van der Waals surface area contributed by atoms with Crippen LogP contribution in [0.15, 0.2) is 12.1 Å². The molecule has 1 aromatic rings. The van der Waals surface area contributed by atoms with Crippen LogP contribution in [0.3, 0.4) is 0 Å². The predicted octanol–water partition coefficient (Wildman–Crippen LogP) is 3.87. The van der Waals surface area contributed by atoms with Gasteiger partial charge in [0.15, 0.2) is 17.5 Å². The van der Waals surface area contributed by atoms with Crippen LogP contribution < -0.4 is 5.73 Å². The smallest absolute Gasteiger partial charge is 0.324 e. The van der Waals surface area contributed by atoms with Crippen molar-refractivity contribution in [3.63, 3.8) is 0 Å². The van der Waals surface area contributed by atoms with E-state index >= 15 is 0 Å². The molecule has 8 heteroatoms. The molecule has 1 nitrogen and oxygen atoms in total. The Morgan fingerprint density at radius 2 is 1.61 bits per heavy atom. The van der Waals surface area contributed by atoms with E-state index in [2.05, 4.69) is 0 Å². The molecular weight excluding hydrogens is 284 g/mol. The number of hydrogen-bond donors (Lipinski definition) is 1. The Morgan fingerprint density at radius 1 is 1.06 bits per heavy atom. The fourth-order valence-electron chi connectivity index (χ4n) is 1.30. The first-order chi connectivity index (χ1) is 7.72. The van der Waals surface area contributed by atoms with Gasteiger partial charge < -0.3 is 5.73 Å². The maximum Gasteiger partial charge on any atom is 0.389 e. The summed E-state index contributed by atoms with van der Waals surface area (Å²) in [6, 6.07) is 0.141. The molecule has 0 aromatic heterocycles. The second-order valence-electron chi connectivity index (χ2n) is 3.52. The molecule has 1 rings (SSSR count). The Hall–Kier alpha value is -0.950. The van der Waals surface area contributed by atoms with E-state index in [-0.39, 0.29) is 12.4 Å². The van der Waals surface area contributed by atoms with E-state index < -0.39 is 48.1 Å². The van der Waals surface area contributed by atoms with Crippen LogP contribution in [-0.2, 0) is 0 Å². The van der Waals surface area contributed by atoms with Gasteiger partial charge in [-0.1, -0.05) is 6.07 Å². The zero-order valence-corrected chi connectivity index (χ0v) is 9.72. The van der Waals surface area contributed by atoms with Gasteiger partial charge in [-0.2, -0.15) is 13.2 Å². The number of halogens is 7. The summed E-state index contributed by atoms with van der Waals surface area (Å²) >= 11 is 0. The van der Waals surface area contributed by atoms with Crippen LogP contribution in [0.25, 0.3) is 0 Å². The maximum absolute atomic E-state index is 13.2. The molecule has 0 unspecified atom stereocenters. The van der Waals surface area contributed by atoms with Gasteiger partial charge in [-0.05, 0) is 12.5 Å². The van der Waals surface area contributed by atoms with Crippen molar-refractivity contribution in [1.29, 1.82) is 0 Å². The zero-order chi connectivity index (χ0) is 13.2. The van der Waals surface area contributed by atoms with Gasteiger partial charge in [0, 0.05) is 18.0 Å². The summed E-state index contributed by atoms with van der Waals surface area (Å²) in [6.45, 7) is 0. The third-order valence-corrected chi connectivity index (χ3v) is 2.20. The molecule has 0 heterocycles. The highest BCUT2D eigenvalue weighted by Crippen LogP contribution is 2.28. The SMILES string of the molecule is Cl.N[C@H](CCC(F)(F)F)c1ccc(F)c(F)c1F. The summed E-state index contributed by atoms with van der Waals surface area (Å²) < 4.78 is 74.2.